The van der Waals surface area contributed by atoms with Crippen LogP contribution in [0.3, 0.4) is 0 Å². The van der Waals surface area contributed by atoms with Gasteiger partial charge in [0.15, 0.2) is 0 Å². The molecule has 0 aliphatic heterocycles. The molecule has 3 N–H and O–H groups in total. The molecule has 144 valence electrons. The van der Waals surface area contributed by atoms with Crippen LogP contribution in [0, 0.1) is 0 Å². The average molecular weight is 390 g/mol. The summed E-state index contributed by atoms with van der Waals surface area (Å²) < 4.78 is 0. The van der Waals surface area contributed by atoms with E-state index < -0.39 is 0 Å². The zero-order valence-corrected chi connectivity index (χ0v) is 18.1. The van der Waals surface area contributed by atoms with Gasteiger partial charge in [-0.2, -0.15) is 0 Å². The fourth-order valence-corrected chi connectivity index (χ4v) is 1.62. The number of aliphatic hydroxyl groups is 3. The third-order valence-corrected chi connectivity index (χ3v) is 3.04. The van der Waals surface area contributed by atoms with Gasteiger partial charge < -0.3 is 27.7 Å². The van der Waals surface area contributed by atoms with Gasteiger partial charge in [-0.15, -0.1) is 0 Å². The van der Waals surface area contributed by atoms with Gasteiger partial charge in [0.1, 0.15) is 0 Å². The molecular formula is C18H42ClO3Ti-. The molecular weight excluding hydrogens is 348 g/mol. The van der Waals surface area contributed by atoms with Crippen LogP contribution < -0.4 is 12.4 Å². The SMILES string of the molecule is CCCCCCO.CCCCCCO.CCCCCCO.[Cl-].[Ti]. The predicted molar refractivity (Wildman–Crippen MR) is 93.7 cm³/mol. The summed E-state index contributed by atoms with van der Waals surface area (Å²) in [5, 5.41) is 24.9. The first-order chi connectivity index (χ1) is 10.2. The van der Waals surface area contributed by atoms with Crippen LogP contribution in [0.15, 0.2) is 0 Å². The summed E-state index contributed by atoms with van der Waals surface area (Å²) in [5.41, 5.74) is 0. The fraction of sp³-hybridized carbons (Fsp3) is 1.00. The first-order valence-corrected chi connectivity index (χ1v) is 9.07. The van der Waals surface area contributed by atoms with E-state index in [2.05, 4.69) is 20.8 Å². The fourth-order valence-electron chi connectivity index (χ4n) is 1.62. The molecule has 0 atom stereocenters. The molecule has 0 radical (unpaired) electrons. The van der Waals surface area contributed by atoms with Crippen molar-refractivity contribution in [3.63, 3.8) is 0 Å². The summed E-state index contributed by atoms with van der Waals surface area (Å²) in [5.74, 6) is 0. The molecule has 0 unspecified atom stereocenters. The van der Waals surface area contributed by atoms with Gasteiger partial charge in [-0.1, -0.05) is 78.6 Å². The first kappa shape index (κ1) is 35.1. The zero-order chi connectivity index (χ0) is 16.6. The van der Waals surface area contributed by atoms with E-state index in [1.807, 2.05) is 0 Å². The van der Waals surface area contributed by atoms with E-state index in [0.29, 0.717) is 19.8 Å². The molecule has 0 fully saturated rings. The van der Waals surface area contributed by atoms with Crippen LogP contribution >= 0.6 is 0 Å². The minimum Gasteiger partial charge on any atom is -1.00 e. The number of rotatable bonds is 12. The zero-order valence-electron chi connectivity index (χ0n) is 15.8. The maximum absolute atomic E-state index is 8.29. The maximum atomic E-state index is 8.29. The molecule has 0 aliphatic carbocycles. The van der Waals surface area contributed by atoms with Crippen molar-refractivity contribution in [2.24, 2.45) is 0 Å². The molecule has 0 saturated carbocycles. The Hall–Kier alpha value is 0.884. The largest absolute Gasteiger partial charge is 1.00 e. The van der Waals surface area contributed by atoms with Crippen LogP contribution in [0.2, 0.25) is 0 Å². The van der Waals surface area contributed by atoms with Crippen molar-refractivity contribution in [3.8, 4) is 0 Å². The van der Waals surface area contributed by atoms with Gasteiger partial charge in [0.25, 0.3) is 0 Å². The second kappa shape index (κ2) is 43.4. The Balaban J connectivity index is -0.0000000675. The van der Waals surface area contributed by atoms with Crippen molar-refractivity contribution in [2.45, 2.75) is 97.8 Å². The van der Waals surface area contributed by atoms with E-state index in [1.54, 1.807) is 0 Å². The molecule has 23 heavy (non-hydrogen) atoms. The number of hydrogen-bond donors (Lipinski definition) is 3. The van der Waals surface area contributed by atoms with E-state index in [9.17, 15) is 0 Å². The molecule has 0 bridgehead atoms. The minimum absolute atomic E-state index is 0. The molecule has 0 aromatic heterocycles. The molecule has 0 amide bonds. The Morgan fingerprint density at radius 3 is 0.783 bits per heavy atom. The number of unbranched alkanes of at least 4 members (excludes halogenated alkanes) is 9. The van der Waals surface area contributed by atoms with Crippen LogP contribution in [0.4, 0.5) is 0 Å². The predicted octanol–water partition coefficient (Wildman–Crippen LogP) is 1.68. The average Bonchev–Trinajstić information content (AvgIpc) is 2.50. The quantitative estimate of drug-likeness (QED) is 0.351. The van der Waals surface area contributed by atoms with Crippen LogP contribution in [-0.4, -0.2) is 35.1 Å². The van der Waals surface area contributed by atoms with Gasteiger partial charge in [0, 0.05) is 41.5 Å². The van der Waals surface area contributed by atoms with Gasteiger partial charge >= 0.3 is 0 Å². The van der Waals surface area contributed by atoms with E-state index in [0.717, 1.165) is 19.3 Å². The van der Waals surface area contributed by atoms with Crippen molar-refractivity contribution in [1.29, 1.82) is 0 Å². The topological polar surface area (TPSA) is 60.7 Å². The van der Waals surface area contributed by atoms with Crippen molar-refractivity contribution in [2.75, 3.05) is 19.8 Å². The number of aliphatic hydroxyl groups excluding tert-OH is 3. The van der Waals surface area contributed by atoms with Crippen molar-refractivity contribution in [3.05, 3.63) is 0 Å². The molecule has 0 aromatic rings. The Morgan fingerprint density at radius 2 is 0.652 bits per heavy atom. The second-order valence-electron chi connectivity index (χ2n) is 5.35. The molecule has 3 nitrogen and oxygen atoms in total. The number of hydrogen-bond acceptors (Lipinski definition) is 3. The summed E-state index contributed by atoms with van der Waals surface area (Å²) in [7, 11) is 0. The Labute approximate surface area is 166 Å². The third-order valence-electron chi connectivity index (χ3n) is 3.04. The normalized spacial score (nSPS) is 8.61. The van der Waals surface area contributed by atoms with E-state index >= 15 is 0 Å². The summed E-state index contributed by atoms with van der Waals surface area (Å²) in [6.45, 7) is 7.58. The van der Waals surface area contributed by atoms with Crippen LogP contribution in [0.25, 0.3) is 0 Å². The molecule has 0 heterocycles. The molecule has 0 aromatic carbocycles. The summed E-state index contributed by atoms with van der Waals surface area (Å²) in [6.07, 6.45) is 14.0. The van der Waals surface area contributed by atoms with E-state index in [-0.39, 0.29) is 34.1 Å². The maximum Gasteiger partial charge on any atom is 0.0431 e. The Bertz CT molecular complexity index is 106. The van der Waals surface area contributed by atoms with Crippen LogP contribution in [0.1, 0.15) is 97.8 Å². The third kappa shape index (κ3) is 60.1. The summed E-state index contributed by atoms with van der Waals surface area (Å²) in [4.78, 5) is 0. The van der Waals surface area contributed by atoms with E-state index in [1.165, 1.54) is 57.8 Å². The van der Waals surface area contributed by atoms with Gasteiger partial charge in [-0.05, 0) is 19.3 Å². The molecule has 0 rings (SSSR count). The smallest absolute Gasteiger partial charge is 0.0431 e. The monoisotopic (exact) mass is 389 g/mol. The van der Waals surface area contributed by atoms with E-state index in [4.69, 9.17) is 15.3 Å². The standard InChI is InChI=1S/3C6H14O.ClH.Ti/c3*1-2-3-4-5-6-7;;/h3*7H,2-6H2,1H3;1H;/p-1. The van der Waals surface area contributed by atoms with Crippen molar-refractivity contribution >= 4 is 0 Å². The van der Waals surface area contributed by atoms with Crippen molar-refractivity contribution < 1.29 is 49.4 Å². The molecule has 0 spiro atoms. The van der Waals surface area contributed by atoms with Gasteiger partial charge in [-0.3, -0.25) is 0 Å². The van der Waals surface area contributed by atoms with Crippen LogP contribution in [0.5, 0.6) is 0 Å². The second-order valence-corrected chi connectivity index (χ2v) is 5.35. The minimum atomic E-state index is 0. The molecule has 5 heteroatoms. The van der Waals surface area contributed by atoms with Gasteiger partial charge in [-0.25, -0.2) is 0 Å². The summed E-state index contributed by atoms with van der Waals surface area (Å²) >= 11 is 0. The Morgan fingerprint density at radius 1 is 0.435 bits per heavy atom. The molecule has 0 aliphatic rings. The molecule has 0 saturated heterocycles. The van der Waals surface area contributed by atoms with Gasteiger partial charge in [0.2, 0.25) is 0 Å². The Kier molecular flexibility index (Phi) is 66.2. The number of halogens is 1. The van der Waals surface area contributed by atoms with Crippen molar-refractivity contribution in [1.82, 2.24) is 0 Å². The van der Waals surface area contributed by atoms with Crippen LogP contribution in [-0.2, 0) is 21.7 Å². The first-order valence-electron chi connectivity index (χ1n) is 9.07. The summed E-state index contributed by atoms with van der Waals surface area (Å²) in [6, 6.07) is 0. The van der Waals surface area contributed by atoms with Gasteiger partial charge in [0.05, 0.1) is 0 Å².